The van der Waals surface area contributed by atoms with E-state index in [4.69, 9.17) is 0 Å². The maximum atomic E-state index is 14.2. The predicted molar refractivity (Wildman–Crippen MR) is 137 cm³/mol. The van der Waals surface area contributed by atoms with Crippen LogP contribution >= 0.6 is 0 Å². The molecule has 36 heavy (non-hydrogen) atoms. The van der Waals surface area contributed by atoms with E-state index in [9.17, 15) is 21.6 Å². The third-order valence-electron chi connectivity index (χ3n) is 5.66. The number of pyridine rings is 2. The van der Waals surface area contributed by atoms with Crippen molar-refractivity contribution in [2.45, 2.75) is 22.6 Å². The van der Waals surface area contributed by atoms with Crippen LogP contribution in [0.2, 0.25) is 0 Å². The second kappa shape index (κ2) is 10.1. The van der Waals surface area contributed by atoms with Gasteiger partial charge in [-0.25, -0.2) is 16.8 Å². The fourth-order valence-corrected chi connectivity index (χ4v) is 5.82. The lowest BCUT2D eigenvalue weighted by Crippen LogP contribution is -2.19. The molecule has 4 aromatic rings. The Morgan fingerprint density at radius 2 is 0.972 bits per heavy atom. The number of rotatable bonds is 8. The van der Waals surface area contributed by atoms with Gasteiger partial charge in [-0.1, -0.05) is 60.7 Å². The van der Waals surface area contributed by atoms with Crippen LogP contribution in [-0.4, -0.2) is 45.1 Å². The maximum Gasteiger partial charge on any atom is 0.199 e. The van der Waals surface area contributed by atoms with Gasteiger partial charge in [-0.2, -0.15) is 0 Å². The Hall–Kier alpha value is -3.69. The molecular formula is C27H24N2O5S2. The minimum Gasteiger partial charge on any atom is -0.288 e. The molecule has 0 aliphatic heterocycles. The summed E-state index contributed by atoms with van der Waals surface area (Å²) in [4.78, 5) is 22.5. The van der Waals surface area contributed by atoms with Crippen LogP contribution in [0, 0.1) is 0 Å². The summed E-state index contributed by atoms with van der Waals surface area (Å²) in [5, 5.41) is 0. The van der Waals surface area contributed by atoms with E-state index in [-0.39, 0.29) is 45.1 Å². The monoisotopic (exact) mass is 520 g/mol. The van der Waals surface area contributed by atoms with Crippen LogP contribution < -0.4 is 0 Å². The van der Waals surface area contributed by atoms with E-state index < -0.39 is 25.5 Å². The summed E-state index contributed by atoms with van der Waals surface area (Å²) in [5.41, 5.74) is 1.84. The van der Waals surface area contributed by atoms with Crippen LogP contribution in [0.15, 0.2) is 95.0 Å². The minimum absolute atomic E-state index is 0.143. The summed E-state index contributed by atoms with van der Waals surface area (Å²) < 4.78 is 51.0. The molecule has 0 N–H and O–H groups in total. The van der Waals surface area contributed by atoms with E-state index in [1.807, 2.05) is 60.7 Å². The summed E-state index contributed by atoms with van der Waals surface area (Å²) in [6, 6.07) is 20.9. The molecule has 0 bridgehead atoms. The van der Waals surface area contributed by atoms with Crippen molar-refractivity contribution in [3.8, 4) is 0 Å². The van der Waals surface area contributed by atoms with Crippen LogP contribution in [0.25, 0.3) is 0 Å². The highest BCUT2D eigenvalue weighted by atomic mass is 32.2. The number of nitrogens with zero attached hydrogens (tertiary/aromatic N) is 2. The molecule has 0 radical (unpaired) electrons. The first-order valence-electron chi connectivity index (χ1n) is 11.0. The number of benzene rings is 2. The van der Waals surface area contributed by atoms with Gasteiger partial charge in [0.2, 0.25) is 0 Å². The SMILES string of the molecule is CS(=O)(=O)c1ccnc(Cc2ccccc2)c1C(=O)c1c(S(C)(=O)=O)ccnc1Cc1ccccc1. The smallest absolute Gasteiger partial charge is 0.199 e. The third-order valence-corrected chi connectivity index (χ3v) is 7.94. The van der Waals surface area contributed by atoms with Crippen molar-refractivity contribution in [2.75, 3.05) is 12.5 Å². The fourth-order valence-electron chi connectivity index (χ4n) is 4.05. The predicted octanol–water partition coefficient (Wildman–Crippen LogP) is 3.70. The lowest BCUT2D eigenvalue weighted by Gasteiger charge is -2.16. The Kier molecular flexibility index (Phi) is 7.14. The molecule has 4 rings (SSSR count). The molecule has 0 unspecified atom stereocenters. The van der Waals surface area contributed by atoms with Gasteiger partial charge in [0.15, 0.2) is 25.5 Å². The number of aromatic nitrogens is 2. The molecule has 0 amide bonds. The third kappa shape index (κ3) is 5.58. The summed E-state index contributed by atoms with van der Waals surface area (Å²) >= 11 is 0. The number of ketones is 1. The van der Waals surface area contributed by atoms with Crippen molar-refractivity contribution in [1.82, 2.24) is 9.97 Å². The Morgan fingerprint density at radius 1 is 0.611 bits per heavy atom. The highest BCUT2D eigenvalue weighted by Crippen LogP contribution is 2.29. The van der Waals surface area contributed by atoms with E-state index in [0.29, 0.717) is 0 Å². The normalized spacial score (nSPS) is 11.8. The van der Waals surface area contributed by atoms with Gasteiger partial charge in [-0.05, 0) is 23.3 Å². The van der Waals surface area contributed by atoms with Crippen LogP contribution in [0.1, 0.15) is 38.4 Å². The van der Waals surface area contributed by atoms with Crippen LogP contribution in [0.3, 0.4) is 0 Å². The van der Waals surface area contributed by atoms with E-state index in [1.54, 1.807) is 0 Å². The standard InChI is InChI=1S/C27H24N2O5S2/c1-35(31,32)23-13-15-28-21(17-19-9-5-3-6-10-19)25(23)27(30)26-22(18-20-11-7-4-8-12-20)29-16-14-24(26)36(2,33)34/h3-16H,17-18H2,1-2H3. The zero-order valence-corrected chi connectivity index (χ0v) is 21.4. The highest BCUT2D eigenvalue weighted by molar-refractivity contribution is 7.91. The van der Waals surface area contributed by atoms with Crippen molar-refractivity contribution in [1.29, 1.82) is 0 Å². The molecule has 9 heteroatoms. The molecule has 184 valence electrons. The number of hydrogen-bond donors (Lipinski definition) is 0. The van der Waals surface area contributed by atoms with E-state index in [0.717, 1.165) is 23.6 Å². The summed E-state index contributed by atoms with van der Waals surface area (Å²) in [7, 11) is -7.70. The first-order valence-corrected chi connectivity index (χ1v) is 14.8. The van der Waals surface area contributed by atoms with Gasteiger partial charge >= 0.3 is 0 Å². The highest BCUT2D eigenvalue weighted by Gasteiger charge is 2.30. The van der Waals surface area contributed by atoms with Crippen molar-refractivity contribution in [3.05, 3.63) is 119 Å². The van der Waals surface area contributed by atoms with Crippen LogP contribution in [-0.2, 0) is 32.5 Å². The van der Waals surface area contributed by atoms with Crippen molar-refractivity contribution in [2.24, 2.45) is 0 Å². The number of hydrogen-bond acceptors (Lipinski definition) is 7. The molecule has 7 nitrogen and oxygen atoms in total. The van der Waals surface area contributed by atoms with Gasteiger partial charge in [-0.15, -0.1) is 0 Å². The molecule has 0 spiro atoms. The second-order valence-electron chi connectivity index (χ2n) is 8.46. The zero-order valence-electron chi connectivity index (χ0n) is 19.7. The van der Waals surface area contributed by atoms with Gasteiger partial charge < -0.3 is 0 Å². The quantitative estimate of drug-likeness (QED) is 0.326. The molecule has 0 saturated heterocycles. The van der Waals surface area contributed by atoms with Gasteiger partial charge in [0.1, 0.15) is 0 Å². The average molecular weight is 521 g/mol. The number of carbonyl (C=O) groups is 1. The molecule has 2 heterocycles. The molecule has 0 atom stereocenters. The Morgan fingerprint density at radius 3 is 1.31 bits per heavy atom. The first-order chi connectivity index (χ1) is 17.1. The Labute approximate surface area is 210 Å². The lowest BCUT2D eigenvalue weighted by atomic mass is 9.95. The summed E-state index contributed by atoms with van der Waals surface area (Å²) in [6.45, 7) is 0. The summed E-state index contributed by atoms with van der Waals surface area (Å²) in [5.74, 6) is -0.742. The van der Waals surface area contributed by atoms with E-state index in [2.05, 4.69) is 9.97 Å². The molecular weight excluding hydrogens is 496 g/mol. The fraction of sp³-hybridized carbons (Fsp3) is 0.148. The van der Waals surface area contributed by atoms with E-state index in [1.165, 1.54) is 24.5 Å². The number of carbonyl (C=O) groups excluding carboxylic acids is 1. The molecule has 2 aromatic carbocycles. The molecule has 0 aliphatic rings. The molecule has 0 saturated carbocycles. The Bertz CT molecular complexity index is 1510. The van der Waals surface area contributed by atoms with Gasteiger partial charge in [0, 0.05) is 37.7 Å². The average Bonchev–Trinajstić information content (AvgIpc) is 2.83. The number of sulfone groups is 2. The molecule has 0 fully saturated rings. The molecule has 2 aromatic heterocycles. The van der Waals surface area contributed by atoms with Crippen molar-refractivity contribution in [3.63, 3.8) is 0 Å². The van der Waals surface area contributed by atoms with Gasteiger partial charge in [0.05, 0.1) is 32.3 Å². The zero-order chi connectivity index (χ0) is 25.9. The molecule has 0 aliphatic carbocycles. The first kappa shape index (κ1) is 25.4. The Balaban J connectivity index is 1.98. The van der Waals surface area contributed by atoms with Crippen LogP contribution in [0.4, 0.5) is 0 Å². The topological polar surface area (TPSA) is 111 Å². The maximum absolute atomic E-state index is 14.2. The summed E-state index contributed by atoms with van der Waals surface area (Å²) in [6.07, 6.45) is 5.09. The minimum atomic E-state index is -3.85. The van der Waals surface area contributed by atoms with Gasteiger partial charge in [-0.3, -0.25) is 14.8 Å². The second-order valence-corrected chi connectivity index (χ2v) is 12.4. The van der Waals surface area contributed by atoms with Crippen LogP contribution in [0.5, 0.6) is 0 Å². The van der Waals surface area contributed by atoms with Crippen molar-refractivity contribution < 1.29 is 21.6 Å². The van der Waals surface area contributed by atoms with Crippen molar-refractivity contribution >= 4 is 25.5 Å². The largest absolute Gasteiger partial charge is 0.288 e. The van der Waals surface area contributed by atoms with Gasteiger partial charge in [0.25, 0.3) is 0 Å². The lowest BCUT2D eigenvalue weighted by molar-refractivity contribution is 0.103. The van der Waals surface area contributed by atoms with E-state index >= 15 is 0 Å².